The second kappa shape index (κ2) is 5.60. The van der Waals surface area contributed by atoms with Crippen LogP contribution in [0, 0.1) is 10.1 Å². The Hall–Kier alpha value is -3.95. The fraction of sp³-hybridized carbons (Fsp3) is 0. The first-order valence-corrected chi connectivity index (χ1v) is 7.15. The lowest BCUT2D eigenvalue weighted by Gasteiger charge is -1.97. The molecule has 0 aliphatic carbocycles. The first-order chi connectivity index (χ1) is 12.1. The number of furan rings is 1. The summed E-state index contributed by atoms with van der Waals surface area (Å²) in [6.45, 7) is 0. The summed E-state index contributed by atoms with van der Waals surface area (Å²) in [5.41, 5.74) is 0.625. The van der Waals surface area contributed by atoms with Gasteiger partial charge in [0.25, 0.3) is 5.91 Å². The third-order valence-electron chi connectivity index (χ3n) is 3.55. The van der Waals surface area contributed by atoms with Gasteiger partial charge >= 0.3 is 5.69 Å². The summed E-state index contributed by atoms with van der Waals surface area (Å²) in [5.74, 6) is 0.0397. The van der Waals surface area contributed by atoms with E-state index in [0.717, 1.165) is 17.2 Å². The lowest BCUT2D eigenvalue weighted by molar-refractivity contribution is -0.385. The van der Waals surface area contributed by atoms with Gasteiger partial charge in [0.1, 0.15) is 17.5 Å². The molecule has 0 saturated heterocycles. The Morgan fingerprint density at radius 3 is 2.88 bits per heavy atom. The number of carbonyl (C=O) groups is 1. The summed E-state index contributed by atoms with van der Waals surface area (Å²) in [6.07, 6.45) is 0.972. The quantitative estimate of drug-likeness (QED) is 0.385. The molecular weight excluding hydrogens is 328 g/mol. The highest BCUT2D eigenvalue weighted by Gasteiger charge is 2.23. The summed E-state index contributed by atoms with van der Waals surface area (Å²) in [5, 5.41) is 26.8. The van der Waals surface area contributed by atoms with E-state index in [9.17, 15) is 14.9 Å². The predicted octanol–water partition coefficient (Wildman–Crippen LogP) is 2.71. The molecule has 0 spiro atoms. The van der Waals surface area contributed by atoms with Gasteiger partial charge in [0.2, 0.25) is 5.69 Å². The first kappa shape index (κ1) is 14.6. The maximum Gasteiger partial charge on any atom is 0.319 e. The van der Waals surface area contributed by atoms with E-state index in [4.69, 9.17) is 4.42 Å². The molecule has 3 aromatic heterocycles. The first-order valence-electron chi connectivity index (χ1n) is 7.15. The number of hydrogen-bond donors (Lipinski definition) is 3. The molecule has 3 heterocycles. The van der Waals surface area contributed by atoms with Crippen LogP contribution in [0.5, 0.6) is 0 Å². The van der Waals surface area contributed by atoms with Crippen LogP contribution in [0.1, 0.15) is 10.5 Å². The van der Waals surface area contributed by atoms with Crippen LogP contribution in [-0.4, -0.2) is 31.2 Å². The molecule has 1 aromatic carbocycles. The zero-order valence-corrected chi connectivity index (χ0v) is 12.5. The third-order valence-corrected chi connectivity index (χ3v) is 3.55. The average Bonchev–Trinajstić information content (AvgIpc) is 3.32. The standard InChI is InChI=1S/C15H10N6O4/c22-15(14-10(21(23)24)7-16-20-14)17-13-6-9(18-19-13)12-5-8-3-1-2-4-11(8)25-12/h1-7H,(H,16,20)(H2,17,18,19,22). The maximum atomic E-state index is 12.1. The Labute approximate surface area is 139 Å². The molecule has 4 aromatic rings. The highest BCUT2D eigenvalue weighted by molar-refractivity contribution is 6.05. The molecule has 0 fully saturated rings. The van der Waals surface area contributed by atoms with Crippen LogP contribution in [-0.2, 0) is 0 Å². The Balaban J connectivity index is 1.58. The number of carbonyl (C=O) groups excluding carboxylic acids is 1. The fourth-order valence-corrected chi connectivity index (χ4v) is 2.39. The summed E-state index contributed by atoms with van der Waals surface area (Å²) in [4.78, 5) is 22.3. The number of aromatic nitrogens is 4. The number of nitro groups is 1. The van der Waals surface area contributed by atoms with Crippen LogP contribution in [0.25, 0.3) is 22.4 Å². The lowest BCUT2D eigenvalue weighted by atomic mass is 10.2. The molecule has 0 atom stereocenters. The van der Waals surface area contributed by atoms with Gasteiger partial charge in [-0.25, -0.2) is 0 Å². The van der Waals surface area contributed by atoms with Crippen LogP contribution in [0.4, 0.5) is 11.5 Å². The molecule has 0 unspecified atom stereocenters. The van der Waals surface area contributed by atoms with E-state index in [2.05, 4.69) is 25.7 Å². The molecular formula is C15H10N6O4. The van der Waals surface area contributed by atoms with Crippen molar-refractivity contribution in [2.75, 3.05) is 5.32 Å². The van der Waals surface area contributed by atoms with E-state index >= 15 is 0 Å². The highest BCUT2D eigenvalue weighted by atomic mass is 16.6. The summed E-state index contributed by atoms with van der Waals surface area (Å²) < 4.78 is 5.71. The van der Waals surface area contributed by atoms with Gasteiger partial charge in [0.15, 0.2) is 11.6 Å². The largest absolute Gasteiger partial charge is 0.454 e. The van der Waals surface area contributed by atoms with E-state index in [1.54, 1.807) is 6.07 Å². The number of H-pyrrole nitrogens is 2. The molecule has 10 nitrogen and oxygen atoms in total. The molecule has 1 amide bonds. The SMILES string of the molecule is O=C(Nc1cc(-c2cc3ccccc3o2)[nH]n1)c1[nH]ncc1[N+](=O)[O-]. The summed E-state index contributed by atoms with van der Waals surface area (Å²) >= 11 is 0. The minimum Gasteiger partial charge on any atom is -0.454 e. The topological polar surface area (TPSA) is 143 Å². The van der Waals surface area contributed by atoms with E-state index in [1.807, 2.05) is 30.3 Å². The van der Waals surface area contributed by atoms with Gasteiger partial charge in [-0.1, -0.05) is 18.2 Å². The molecule has 124 valence electrons. The minimum atomic E-state index is -0.716. The second-order valence-corrected chi connectivity index (χ2v) is 5.16. The van der Waals surface area contributed by atoms with Gasteiger partial charge in [-0.3, -0.25) is 25.1 Å². The fourth-order valence-electron chi connectivity index (χ4n) is 2.39. The van der Waals surface area contributed by atoms with Crippen molar-refractivity contribution < 1.29 is 14.1 Å². The average molecular weight is 338 g/mol. The number of fused-ring (bicyclic) bond motifs is 1. The second-order valence-electron chi connectivity index (χ2n) is 5.16. The lowest BCUT2D eigenvalue weighted by Crippen LogP contribution is -2.14. The van der Waals surface area contributed by atoms with Crippen LogP contribution < -0.4 is 5.32 Å². The molecule has 4 rings (SSSR count). The number of anilines is 1. The van der Waals surface area contributed by atoms with Crippen molar-refractivity contribution in [3.05, 3.63) is 58.4 Å². The van der Waals surface area contributed by atoms with Gasteiger partial charge in [0.05, 0.1) is 4.92 Å². The van der Waals surface area contributed by atoms with E-state index < -0.39 is 16.5 Å². The normalized spacial score (nSPS) is 10.9. The van der Waals surface area contributed by atoms with Crippen molar-refractivity contribution in [3.63, 3.8) is 0 Å². The van der Waals surface area contributed by atoms with Crippen molar-refractivity contribution in [3.8, 4) is 11.5 Å². The number of benzene rings is 1. The number of aromatic amines is 2. The van der Waals surface area contributed by atoms with Crippen LogP contribution >= 0.6 is 0 Å². The predicted molar refractivity (Wildman–Crippen MR) is 87.0 cm³/mol. The van der Waals surface area contributed by atoms with E-state index in [1.165, 1.54) is 0 Å². The molecule has 0 aliphatic rings. The van der Waals surface area contributed by atoms with Crippen molar-refractivity contribution in [1.82, 2.24) is 20.4 Å². The van der Waals surface area contributed by atoms with Gasteiger partial charge in [-0.05, 0) is 12.1 Å². The number of nitrogens with one attached hydrogen (secondary N) is 3. The minimum absolute atomic E-state index is 0.198. The van der Waals surface area contributed by atoms with Gasteiger partial charge in [-0.15, -0.1) is 0 Å². The van der Waals surface area contributed by atoms with Crippen molar-refractivity contribution >= 4 is 28.4 Å². The number of para-hydroxylation sites is 1. The zero-order valence-electron chi connectivity index (χ0n) is 12.5. The van der Waals surface area contributed by atoms with Gasteiger partial charge in [0, 0.05) is 11.5 Å². The molecule has 0 saturated carbocycles. The van der Waals surface area contributed by atoms with Crippen LogP contribution in [0.2, 0.25) is 0 Å². The third kappa shape index (κ3) is 2.61. The Bertz CT molecular complexity index is 1060. The monoisotopic (exact) mass is 338 g/mol. The van der Waals surface area contributed by atoms with Crippen LogP contribution in [0.3, 0.4) is 0 Å². The van der Waals surface area contributed by atoms with Crippen LogP contribution in [0.15, 0.2) is 47.0 Å². The Kier molecular flexibility index (Phi) is 3.28. The zero-order chi connectivity index (χ0) is 17.4. The number of hydrogen-bond acceptors (Lipinski definition) is 6. The molecule has 0 aliphatic heterocycles. The molecule has 25 heavy (non-hydrogen) atoms. The van der Waals surface area contributed by atoms with Crippen molar-refractivity contribution in [2.45, 2.75) is 0 Å². The number of amides is 1. The molecule has 3 N–H and O–H groups in total. The number of rotatable bonds is 4. The highest BCUT2D eigenvalue weighted by Crippen LogP contribution is 2.27. The van der Waals surface area contributed by atoms with Gasteiger partial charge < -0.3 is 9.73 Å². The van der Waals surface area contributed by atoms with Crippen molar-refractivity contribution in [2.24, 2.45) is 0 Å². The molecule has 0 radical (unpaired) electrons. The van der Waals surface area contributed by atoms with Gasteiger partial charge in [-0.2, -0.15) is 10.2 Å². The van der Waals surface area contributed by atoms with Crippen molar-refractivity contribution in [1.29, 1.82) is 0 Å². The summed E-state index contributed by atoms with van der Waals surface area (Å²) in [6, 6.07) is 10.9. The smallest absolute Gasteiger partial charge is 0.319 e. The Morgan fingerprint density at radius 1 is 1.24 bits per heavy atom. The van der Waals surface area contributed by atoms with E-state index in [0.29, 0.717) is 11.5 Å². The molecule has 10 heteroatoms. The van der Waals surface area contributed by atoms with E-state index in [-0.39, 0.29) is 11.5 Å². The summed E-state index contributed by atoms with van der Waals surface area (Å²) in [7, 11) is 0. The Morgan fingerprint density at radius 2 is 2.08 bits per heavy atom. The molecule has 0 bridgehead atoms. The maximum absolute atomic E-state index is 12.1. The number of nitrogens with zero attached hydrogens (tertiary/aromatic N) is 3.